The third-order valence-corrected chi connectivity index (χ3v) is 7.62. The number of hydrazone groups is 1. The van der Waals surface area contributed by atoms with Gasteiger partial charge in [0, 0.05) is 16.5 Å². The molecule has 34 heavy (non-hydrogen) atoms. The quantitative estimate of drug-likeness (QED) is 0.399. The normalized spacial score (nSPS) is 20.2. The average Bonchev–Trinajstić information content (AvgIpc) is 3.19. The van der Waals surface area contributed by atoms with Crippen LogP contribution in [0.2, 0.25) is 15.1 Å². The summed E-state index contributed by atoms with van der Waals surface area (Å²) in [7, 11) is -4.31. The maximum Gasteiger partial charge on any atom is 0.318 e. The van der Waals surface area contributed by atoms with Gasteiger partial charge in [0.25, 0.3) is 0 Å². The lowest BCUT2D eigenvalue weighted by molar-refractivity contribution is -0.954. The molecule has 0 radical (unpaired) electrons. The molecule has 1 saturated heterocycles. The zero-order chi connectivity index (χ0) is 24.5. The van der Waals surface area contributed by atoms with Crippen molar-refractivity contribution in [3.8, 4) is 0 Å². The molecule has 2 heterocycles. The van der Waals surface area contributed by atoms with Crippen LogP contribution in [0.5, 0.6) is 0 Å². The highest BCUT2D eigenvalue weighted by molar-refractivity contribution is 7.85. The first-order valence-electron chi connectivity index (χ1n) is 10.8. The van der Waals surface area contributed by atoms with Crippen molar-refractivity contribution in [3.63, 3.8) is 0 Å². The van der Waals surface area contributed by atoms with Gasteiger partial charge < -0.3 is 0 Å². The van der Waals surface area contributed by atoms with Gasteiger partial charge in [-0.05, 0) is 55.2 Å². The predicted octanol–water partition coefficient (Wildman–Crippen LogP) is 4.83. The summed E-state index contributed by atoms with van der Waals surface area (Å²) in [6.07, 6.45) is 2.67. The number of benzene rings is 2. The molecule has 8 nitrogen and oxygen atoms in total. The zero-order valence-electron chi connectivity index (χ0n) is 18.1. The Balaban J connectivity index is 1.66. The summed E-state index contributed by atoms with van der Waals surface area (Å²) in [5, 5.41) is 7.68. The summed E-state index contributed by atoms with van der Waals surface area (Å²) in [4.78, 5) is 13.3. The number of piperidine rings is 1. The molecule has 1 amide bonds. The first-order valence-corrected chi connectivity index (χ1v) is 13.5. The number of amides is 1. The maximum atomic E-state index is 13.3. The Morgan fingerprint density at radius 2 is 1.71 bits per heavy atom. The molecule has 12 heteroatoms. The molecular weight excluding hydrogens is 523 g/mol. The monoisotopic (exact) mass is 545 g/mol. The second-order valence-corrected chi connectivity index (χ2v) is 11.3. The Labute approximate surface area is 213 Å². The number of halogens is 3. The number of nitrogens with zero attached hydrogens (tertiary/aromatic N) is 3. The lowest BCUT2D eigenvalue weighted by atomic mass is 10.0. The molecule has 2 aliphatic heterocycles. The second-order valence-electron chi connectivity index (χ2n) is 8.56. The molecule has 4 rings (SSSR count). The standard InChI is InChI=1S/C22H23Cl3N4O4S/c23-16-6-4-15(5-7-16)21-13-19(26-28(21)20-9-8-17(24)12-18(20)25)22(30)27-29(14-34(31,32)33)10-2-1-3-11-29/h4-9,12,21H,1-3,10-11,13-14H2,(H-,27,30,31,32,33)/p+1/t21-/m1/s1. The van der Waals surface area contributed by atoms with Crippen molar-refractivity contribution in [1.82, 2.24) is 5.43 Å². The molecule has 182 valence electrons. The van der Waals surface area contributed by atoms with Crippen molar-refractivity contribution in [1.29, 1.82) is 0 Å². The van der Waals surface area contributed by atoms with Crippen molar-refractivity contribution in [2.75, 3.05) is 24.0 Å². The van der Waals surface area contributed by atoms with Gasteiger partial charge in [-0.15, -0.1) is 0 Å². The van der Waals surface area contributed by atoms with E-state index in [1.165, 1.54) is 0 Å². The molecule has 0 bridgehead atoms. The summed E-state index contributed by atoms with van der Waals surface area (Å²) in [5.41, 5.74) is 4.51. The van der Waals surface area contributed by atoms with E-state index in [0.717, 1.165) is 24.8 Å². The fourth-order valence-electron chi connectivity index (χ4n) is 4.46. The van der Waals surface area contributed by atoms with E-state index in [-0.39, 0.29) is 22.8 Å². The average molecular weight is 547 g/mol. The van der Waals surface area contributed by atoms with Crippen molar-refractivity contribution >= 4 is 62.2 Å². The molecule has 0 saturated carbocycles. The van der Waals surface area contributed by atoms with Crippen LogP contribution in [0.1, 0.15) is 37.3 Å². The van der Waals surface area contributed by atoms with Gasteiger partial charge in [0.05, 0.1) is 16.8 Å². The van der Waals surface area contributed by atoms with Crippen LogP contribution in [0.3, 0.4) is 0 Å². The summed E-state index contributed by atoms with van der Waals surface area (Å²) in [5.74, 6) is -1.07. The van der Waals surface area contributed by atoms with E-state index in [1.54, 1.807) is 35.3 Å². The lowest BCUT2D eigenvalue weighted by Gasteiger charge is -2.38. The Kier molecular flexibility index (Phi) is 7.42. The topological polar surface area (TPSA) is 99.1 Å². The summed E-state index contributed by atoms with van der Waals surface area (Å²) in [6, 6.07) is 11.9. The van der Waals surface area contributed by atoms with Gasteiger partial charge in [0.15, 0.2) is 0 Å². The van der Waals surface area contributed by atoms with Gasteiger partial charge in [-0.2, -0.15) is 18.9 Å². The smallest absolute Gasteiger partial charge is 0.281 e. The number of rotatable bonds is 6. The van der Waals surface area contributed by atoms with Crippen LogP contribution < -0.4 is 10.4 Å². The van der Waals surface area contributed by atoms with E-state index < -0.39 is 21.9 Å². The van der Waals surface area contributed by atoms with Crippen LogP contribution in [-0.4, -0.2) is 48.1 Å². The molecule has 1 atom stereocenters. The van der Waals surface area contributed by atoms with Gasteiger partial charge >= 0.3 is 16.0 Å². The number of hydrogen-bond acceptors (Lipinski definition) is 5. The number of likely N-dealkylation sites (tertiary alicyclic amines) is 1. The predicted molar refractivity (Wildman–Crippen MR) is 134 cm³/mol. The fourth-order valence-corrected chi connectivity index (χ4v) is 6.03. The second kappa shape index (κ2) is 10.0. The third kappa shape index (κ3) is 5.84. The third-order valence-electron chi connectivity index (χ3n) is 6.01. The van der Waals surface area contributed by atoms with E-state index >= 15 is 0 Å². The van der Waals surface area contributed by atoms with Crippen LogP contribution in [0.25, 0.3) is 0 Å². The molecule has 2 aliphatic rings. The van der Waals surface area contributed by atoms with Gasteiger partial charge in [0.2, 0.25) is 5.88 Å². The minimum Gasteiger partial charge on any atom is -0.281 e. The number of hydrogen-bond donors (Lipinski definition) is 2. The van der Waals surface area contributed by atoms with Crippen LogP contribution in [-0.2, 0) is 14.9 Å². The largest absolute Gasteiger partial charge is 0.318 e. The number of carbonyl (C=O) groups is 1. The first-order chi connectivity index (χ1) is 16.1. The van der Waals surface area contributed by atoms with E-state index in [9.17, 15) is 17.8 Å². The molecule has 0 aromatic heterocycles. The molecule has 1 fully saturated rings. The SMILES string of the molecule is O=C(N[N+]1(CS(=O)(=O)O)CCCCC1)C1=NN(c2ccc(Cl)cc2Cl)[C@@H](c2ccc(Cl)cc2)C1. The van der Waals surface area contributed by atoms with E-state index in [1.807, 2.05) is 12.1 Å². The summed E-state index contributed by atoms with van der Waals surface area (Å²) >= 11 is 18.6. The van der Waals surface area contributed by atoms with Crippen molar-refractivity contribution < 1.29 is 22.4 Å². The molecule has 2 N–H and O–H groups in total. The minimum absolute atomic E-state index is 0.226. The lowest BCUT2D eigenvalue weighted by Crippen LogP contribution is -2.65. The molecule has 0 unspecified atom stereocenters. The van der Waals surface area contributed by atoms with Crippen LogP contribution in [0.4, 0.5) is 5.69 Å². The van der Waals surface area contributed by atoms with Crippen LogP contribution >= 0.6 is 34.8 Å². The van der Waals surface area contributed by atoms with Crippen LogP contribution in [0.15, 0.2) is 47.6 Å². The molecule has 0 aliphatic carbocycles. The molecule has 2 aromatic rings. The van der Waals surface area contributed by atoms with Gasteiger partial charge in [-0.3, -0.25) is 14.4 Å². The van der Waals surface area contributed by atoms with Crippen molar-refractivity contribution in [2.24, 2.45) is 5.10 Å². The van der Waals surface area contributed by atoms with Gasteiger partial charge in [-0.25, -0.2) is 4.59 Å². The number of quaternary nitrogens is 1. The van der Waals surface area contributed by atoms with Crippen molar-refractivity contribution in [3.05, 3.63) is 63.1 Å². The number of anilines is 1. The fraction of sp³-hybridized carbons (Fsp3) is 0.364. The summed E-state index contributed by atoms with van der Waals surface area (Å²) < 4.78 is 32.6. The Morgan fingerprint density at radius 1 is 1.06 bits per heavy atom. The minimum atomic E-state index is -4.31. The zero-order valence-corrected chi connectivity index (χ0v) is 21.2. The van der Waals surface area contributed by atoms with Crippen molar-refractivity contribution in [2.45, 2.75) is 31.7 Å². The Bertz CT molecular complexity index is 1220. The first kappa shape index (κ1) is 25.2. The van der Waals surface area contributed by atoms with E-state index in [4.69, 9.17) is 34.8 Å². The highest BCUT2D eigenvalue weighted by Gasteiger charge is 2.40. The van der Waals surface area contributed by atoms with Gasteiger partial charge in [-0.1, -0.05) is 46.9 Å². The van der Waals surface area contributed by atoms with Crippen LogP contribution in [0, 0.1) is 0 Å². The van der Waals surface area contributed by atoms with E-state index in [2.05, 4.69) is 10.5 Å². The molecule has 2 aromatic carbocycles. The highest BCUT2D eigenvalue weighted by Crippen LogP contribution is 2.40. The Hall–Kier alpha value is -1.88. The highest BCUT2D eigenvalue weighted by atomic mass is 35.5. The molecule has 0 spiro atoms. The maximum absolute atomic E-state index is 13.3. The van der Waals surface area contributed by atoms with Gasteiger partial charge in [0.1, 0.15) is 18.8 Å². The summed E-state index contributed by atoms with van der Waals surface area (Å²) in [6.45, 7) is 0.818. The number of carbonyl (C=O) groups excluding carboxylic acids is 1. The molecular formula is C22H24Cl3N4O4S+. The Morgan fingerprint density at radius 3 is 2.32 bits per heavy atom. The van der Waals surface area contributed by atoms with E-state index in [0.29, 0.717) is 33.8 Å². The number of nitrogens with one attached hydrogen (secondary N) is 1.